The number of nitrogens with zero attached hydrogens (tertiary/aromatic N) is 2. The van der Waals surface area contributed by atoms with E-state index >= 15 is 0 Å². The van der Waals surface area contributed by atoms with Crippen LogP contribution in [-0.2, 0) is 0 Å². The maximum absolute atomic E-state index is 12.5. The first-order valence-electron chi connectivity index (χ1n) is 10.8. The van der Waals surface area contributed by atoms with E-state index in [-0.39, 0.29) is 22.8 Å². The number of hydrogen-bond acceptors (Lipinski definition) is 4. The number of halogens is 3. The molecule has 33 heavy (non-hydrogen) atoms. The number of aromatic carboxylic acids is 1. The number of carboxylic acid groups (broad SMARTS) is 1. The highest BCUT2D eigenvalue weighted by molar-refractivity contribution is 5.93. The molecule has 0 spiro atoms. The summed E-state index contributed by atoms with van der Waals surface area (Å²) >= 11 is 0. The molecule has 0 saturated heterocycles. The number of carbonyl (C=O) groups is 1. The molecule has 1 fully saturated rings. The summed E-state index contributed by atoms with van der Waals surface area (Å²) in [6.07, 6.45) is -1.77. The SMILES string of the molecule is C[C@@H]1C[C@H](n2c(Nc3ccc(OC(F)(F)F)cc3)nc3cc(C(=O)O)ccc32)CC(C)(C)C1. The normalized spacial score (nSPS) is 20.5. The summed E-state index contributed by atoms with van der Waals surface area (Å²) in [7, 11) is 0. The number of nitrogens with one attached hydrogen (secondary N) is 1. The largest absolute Gasteiger partial charge is 0.573 e. The van der Waals surface area contributed by atoms with Crippen LogP contribution in [0.15, 0.2) is 42.5 Å². The minimum Gasteiger partial charge on any atom is -0.478 e. The van der Waals surface area contributed by atoms with Crippen molar-refractivity contribution in [2.24, 2.45) is 11.3 Å². The lowest BCUT2D eigenvalue weighted by atomic mass is 9.70. The van der Waals surface area contributed by atoms with Gasteiger partial charge in [0, 0.05) is 11.7 Å². The summed E-state index contributed by atoms with van der Waals surface area (Å²) in [5.41, 5.74) is 2.18. The lowest BCUT2D eigenvalue weighted by molar-refractivity contribution is -0.274. The molecule has 1 heterocycles. The highest BCUT2D eigenvalue weighted by Crippen LogP contribution is 2.46. The monoisotopic (exact) mass is 461 g/mol. The van der Waals surface area contributed by atoms with Crippen molar-refractivity contribution in [3.63, 3.8) is 0 Å². The van der Waals surface area contributed by atoms with Gasteiger partial charge in [0.25, 0.3) is 0 Å². The van der Waals surface area contributed by atoms with Crippen LogP contribution in [0.4, 0.5) is 24.8 Å². The second kappa shape index (κ2) is 8.28. The van der Waals surface area contributed by atoms with Gasteiger partial charge in [-0.25, -0.2) is 9.78 Å². The summed E-state index contributed by atoms with van der Waals surface area (Å²) in [5, 5.41) is 12.6. The van der Waals surface area contributed by atoms with Gasteiger partial charge >= 0.3 is 12.3 Å². The van der Waals surface area contributed by atoms with Gasteiger partial charge in [-0.05, 0) is 73.1 Å². The molecule has 2 atom stereocenters. The molecular formula is C24H26F3N3O3. The molecule has 0 bridgehead atoms. The van der Waals surface area contributed by atoms with Crippen LogP contribution in [0.2, 0.25) is 0 Å². The molecule has 1 aromatic heterocycles. The molecule has 0 radical (unpaired) electrons. The highest BCUT2D eigenvalue weighted by Gasteiger charge is 2.35. The lowest BCUT2D eigenvalue weighted by Crippen LogP contribution is -2.29. The van der Waals surface area contributed by atoms with Gasteiger partial charge in [0.15, 0.2) is 0 Å². The van der Waals surface area contributed by atoms with E-state index in [0.717, 1.165) is 24.8 Å². The number of hydrogen-bond donors (Lipinski definition) is 2. The summed E-state index contributed by atoms with van der Waals surface area (Å²) in [4.78, 5) is 16.1. The molecule has 1 aliphatic carbocycles. The van der Waals surface area contributed by atoms with E-state index in [2.05, 4.69) is 40.4 Å². The second-order valence-corrected chi connectivity index (χ2v) is 9.58. The van der Waals surface area contributed by atoms with Gasteiger partial charge in [-0.15, -0.1) is 13.2 Å². The topological polar surface area (TPSA) is 76.4 Å². The molecule has 1 aliphatic rings. The van der Waals surface area contributed by atoms with Crippen molar-refractivity contribution in [1.82, 2.24) is 9.55 Å². The molecule has 0 aliphatic heterocycles. The Bertz CT molecular complexity index is 1170. The predicted molar refractivity (Wildman–Crippen MR) is 119 cm³/mol. The molecule has 4 rings (SSSR count). The first-order valence-corrected chi connectivity index (χ1v) is 10.8. The highest BCUT2D eigenvalue weighted by atomic mass is 19.4. The Balaban J connectivity index is 1.73. The first-order chi connectivity index (χ1) is 15.4. The molecule has 1 saturated carbocycles. The molecule has 9 heteroatoms. The van der Waals surface area contributed by atoms with E-state index < -0.39 is 12.3 Å². The zero-order valence-corrected chi connectivity index (χ0v) is 18.6. The minimum atomic E-state index is -4.75. The summed E-state index contributed by atoms with van der Waals surface area (Å²) in [6, 6.07) is 10.4. The van der Waals surface area contributed by atoms with E-state index in [9.17, 15) is 23.1 Å². The van der Waals surface area contributed by atoms with Crippen LogP contribution >= 0.6 is 0 Å². The maximum Gasteiger partial charge on any atom is 0.573 e. The molecular weight excluding hydrogens is 435 g/mol. The number of carboxylic acids is 1. The lowest BCUT2D eigenvalue weighted by Gasteiger charge is -2.40. The van der Waals surface area contributed by atoms with E-state index in [4.69, 9.17) is 0 Å². The Kier molecular flexibility index (Phi) is 5.76. The second-order valence-electron chi connectivity index (χ2n) is 9.58. The summed E-state index contributed by atoms with van der Waals surface area (Å²) < 4.78 is 43.4. The van der Waals surface area contributed by atoms with Gasteiger partial charge in [-0.1, -0.05) is 20.8 Å². The number of benzene rings is 2. The van der Waals surface area contributed by atoms with Gasteiger partial charge < -0.3 is 19.7 Å². The predicted octanol–water partition coefficient (Wildman–Crippen LogP) is 6.76. The van der Waals surface area contributed by atoms with Crippen LogP contribution in [0, 0.1) is 11.3 Å². The molecule has 176 valence electrons. The standard InChI is InChI=1S/C24H26F3N3O3/c1-14-10-17(13-23(2,3)12-14)30-20-9-4-15(21(31)32)11-19(20)29-22(30)28-16-5-7-18(8-6-16)33-24(25,26)27/h4-9,11,14,17H,10,12-13H2,1-3H3,(H,28,29)(H,31,32)/t14-,17+/m1/s1. The van der Waals surface area contributed by atoms with Crippen LogP contribution in [0.25, 0.3) is 11.0 Å². The number of anilines is 2. The average Bonchev–Trinajstić information content (AvgIpc) is 3.03. The zero-order chi connectivity index (χ0) is 24.0. The van der Waals surface area contributed by atoms with E-state index in [1.807, 2.05) is 0 Å². The number of rotatable bonds is 5. The zero-order valence-electron chi connectivity index (χ0n) is 18.6. The van der Waals surface area contributed by atoms with Crippen LogP contribution in [0.3, 0.4) is 0 Å². The van der Waals surface area contributed by atoms with Crippen molar-refractivity contribution in [3.8, 4) is 5.75 Å². The van der Waals surface area contributed by atoms with Gasteiger partial charge in [0.2, 0.25) is 5.95 Å². The van der Waals surface area contributed by atoms with Crippen LogP contribution in [0.1, 0.15) is 56.4 Å². The molecule has 0 amide bonds. The van der Waals surface area contributed by atoms with Crippen molar-refractivity contribution >= 4 is 28.6 Å². The quantitative estimate of drug-likeness (QED) is 0.439. The molecule has 2 N–H and O–H groups in total. The summed E-state index contributed by atoms with van der Waals surface area (Å²) in [6.45, 7) is 6.70. The van der Waals surface area contributed by atoms with Crippen LogP contribution in [-0.4, -0.2) is 27.0 Å². The van der Waals surface area contributed by atoms with Crippen molar-refractivity contribution in [3.05, 3.63) is 48.0 Å². The van der Waals surface area contributed by atoms with Crippen LogP contribution in [0.5, 0.6) is 5.75 Å². The van der Waals surface area contributed by atoms with E-state index in [1.165, 1.54) is 30.3 Å². The Hall–Kier alpha value is -3.23. The third-order valence-electron chi connectivity index (χ3n) is 6.01. The molecule has 6 nitrogen and oxygen atoms in total. The number of alkyl halides is 3. The average molecular weight is 461 g/mol. The van der Waals surface area contributed by atoms with E-state index in [1.54, 1.807) is 12.1 Å². The Labute approximate surface area is 189 Å². The Morgan fingerprint density at radius 3 is 2.48 bits per heavy atom. The number of aromatic nitrogens is 2. The van der Waals surface area contributed by atoms with Crippen molar-refractivity contribution in [2.45, 2.75) is 52.4 Å². The van der Waals surface area contributed by atoms with E-state index in [0.29, 0.717) is 23.1 Å². The maximum atomic E-state index is 12.5. The van der Waals surface area contributed by atoms with Gasteiger partial charge in [0.1, 0.15) is 5.75 Å². The fourth-order valence-electron chi connectivity index (χ4n) is 5.05. The number of fused-ring (bicyclic) bond motifs is 1. The van der Waals surface area contributed by atoms with Crippen LogP contribution < -0.4 is 10.1 Å². The Morgan fingerprint density at radius 2 is 1.88 bits per heavy atom. The van der Waals surface area contributed by atoms with Crippen molar-refractivity contribution in [1.29, 1.82) is 0 Å². The molecule has 2 aromatic carbocycles. The first kappa shape index (κ1) is 22.9. The molecule has 0 unspecified atom stereocenters. The Morgan fingerprint density at radius 1 is 1.18 bits per heavy atom. The van der Waals surface area contributed by atoms with Gasteiger partial charge in [-0.3, -0.25) is 0 Å². The van der Waals surface area contributed by atoms with Crippen molar-refractivity contribution in [2.75, 3.05) is 5.32 Å². The summed E-state index contributed by atoms with van der Waals surface area (Å²) in [5.74, 6) is -0.322. The fraction of sp³-hybridized carbons (Fsp3) is 0.417. The number of ether oxygens (including phenoxy) is 1. The smallest absolute Gasteiger partial charge is 0.478 e. The molecule has 3 aromatic rings. The van der Waals surface area contributed by atoms with Gasteiger partial charge in [0.05, 0.1) is 16.6 Å². The van der Waals surface area contributed by atoms with Gasteiger partial charge in [-0.2, -0.15) is 0 Å². The minimum absolute atomic E-state index is 0.133. The fourth-order valence-corrected chi connectivity index (χ4v) is 5.05. The van der Waals surface area contributed by atoms with Crippen molar-refractivity contribution < 1.29 is 27.8 Å². The third-order valence-corrected chi connectivity index (χ3v) is 6.01. The number of imidazole rings is 1. The third kappa shape index (κ3) is 5.23.